The number of anilines is 5. The number of carbonyl (C=O) groups excluding carboxylic acids is 1. The van der Waals surface area contributed by atoms with Crippen molar-refractivity contribution in [3.05, 3.63) is 84.9 Å². The molecule has 0 aliphatic carbocycles. The Bertz CT molecular complexity index is 1690. The number of para-hydroxylation sites is 2. The van der Waals surface area contributed by atoms with E-state index in [2.05, 4.69) is 20.9 Å². The highest BCUT2D eigenvalue weighted by molar-refractivity contribution is 6.18. The zero-order valence-corrected chi connectivity index (χ0v) is 24.8. The van der Waals surface area contributed by atoms with Gasteiger partial charge >= 0.3 is 6.03 Å². The number of pyridine rings is 1. The molecule has 0 atom stereocenters. The Balaban J connectivity index is 1.39. The number of alkyl halides is 2. The fraction of sp³-hybridized carbons (Fsp3) is 0.188. The number of carbonyl (C=O) groups is 1. The molecule has 1 aromatic heterocycles. The largest absolute Gasteiger partial charge is 0.497 e. The maximum Gasteiger partial charge on any atom is 0.323 e. The van der Waals surface area contributed by atoms with Crippen LogP contribution in [0.15, 0.2) is 84.9 Å². The van der Waals surface area contributed by atoms with E-state index in [1.165, 1.54) is 0 Å². The Morgan fingerprint density at radius 3 is 2.19 bits per heavy atom. The van der Waals surface area contributed by atoms with Crippen LogP contribution in [0.5, 0.6) is 11.5 Å². The van der Waals surface area contributed by atoms with Crippen LogP contribution in [-0.2, 0) is 0 Å². The second kappa shape index (κ2) is 13.5. The van der Waals surface area contributed by atoms with Gasteiger partial charge in [0, 0.05) is 70.5 Å². The number of rotatable bonds is 11. The highest BCUT2D eigenvalue weighted by Gasteiger charge is 2.14. The Kier molecular flexibility index (Phi) is 9.36. The maximum atomic E-state index is 12.9. The fourth-order valence-corrected chi connectivity index (χ4v) is 5.22. The van der Waals surface area contributed by atoms with Gasteiger partial charge in [-0.1, -0.05) is 30.3 Å². The van der Waals surface area contributed by atoms with E-state index < -0.39 is 0 Å². The summed E-state index contributed by atoms with van der Waals surface area (Å²) in [7, 11) is 3.22. The Morgan fingerprint density at radius 2 is 1.48 bits per heavy atom. The predicted octanol–water partition coefficient (Wildman–Crippen LogP) is 8.08. The lowest BCUT2D eigenvalue weighted by atomic mass is 10.1. The summed E-state index contributed by atoms with van der Waals surface area (Å²) < 4.78 is 11.1. The monoisotopic (exact) mass is 603 g/mol. The number of hydrogen-bond acceptors (Lipinski definition) is 6. The molecule has 0 saturated heterocycles. The normalized spacial score (nSPS) is 10.9. The highest BCUT2D eigenvalue weighted by atomic mass is 35.5. The van der Waals surface area contributed by atoms with Crippen LogP contribution in [-0.4, -0.2) is 50.1 Å². The van der Waals surface area contributed by atoms with Crippen LogP contribution in [0.1, 0.15) is 0 Å². The van der Waals surface area contributed by atoms with Crippen LogP contribution < -0.4 is 30.3 Å². The SMILES string of the molecule is COc1cc(NC(=O)Nc2ccc(N(CCCl)CCCl)cc2)cc(Nc2c3ccccc3nc3c(OC)cccc23)c1. The molecule has 0 fully saturated rings. The number of urea groups is 1. The minimum Gasteiger partial charge on any atom is -0.497 e. The molecule has 0 spiro atoms. The summed E-state index contributed by atoms with van der Waals surface area (Å²) in [4.78, 5) is 19.9. The second-order valence-electron chi connectivity index (χ2n) is 9.43. The van der Waals surface area contributed by atoms with Gasteiger partial charge in [0.05, 0.1) is 25.4 Å². The molecule has 1 heterocycles. The lowest BCUT2D eigenvalue weighted by Crippen LogP contribution is -2.27. The highest BCUT2D eigenvalue weighted by Crippen LogP contribution is 2.37. The van der Waals surface area contributed by atoms with E-state index in [9.17, 15) is 4.79 Å². The van der Waals surface area contributed by atoms with Gasteiger partial charge in [-0.3, -0.25) is 0 Å². The third-order valence-electron chi connectivity index (χ3n) is 6.76. The topological polar surface area (TPSA) is 87.8 Å². The minimum atomic E-state index is -0.384. The number of halogens is 2. The van der Waals surface area contributed by atoms with E-state index in [0.29, 0.717) is 47.7 Å². The van der Waals surface area contributed by atoms with Gasteiger partial charge in [0.25, 0.3) is 0 Å². The second-order valence-corrected chi connectivity index (χ2v) is 10.2. The molecular formula is C32H31Cl2N5O3. The van der Waals surface area contributed by atoms with Gasteiger partial charge in [0.15, 0.2) is 0 Å². The van der Waals surface area contributed by atoms with E-state index in [1.807, 2.05) is 78.9 Å². The van der Waals surface area contributed by atoms with Crippen molar-refractivity contribution >= 4 is 79.5 Å². The van der Waals surface area contributed by atoms with Crippen molar-refractivity contribution in [2.75, 3.05) is 59.9 Å². The molecule has 5 rings (SSSR count). The van der Waals surface area contributed by atoms with Gasteiger partial charge < -0.3 is 30.3 Å². The quantitative estimate of drug-likeness (QED) is 0.104. The number of methoxy groups -OCH3 is 2. The number of aromatic nitrogens is 1. The lowest BCUT2D eigenvalue weighted by molar-refractivity contribution is 0.262. The molecule has 0 aliphatic rings. The third-order valence-corrected chi connectivity index (χ3v) is 7.10. The van der Waals surface area contributed by atoms with Crippen molar-refractivity contribution in [1.29, 1.82) is 0 Å². The average molecular weight is 605 g/mol. The summed E-state index contributed by atoms with van der Waals surface area (Å²) in [6, 6.07) is 26.4. The molecule has 0 aliphatic heterocycles. The molecule has 5 aromatic rings. The number of nitrogens with zero attached hydrogens (tertiary/aromatic N) is 2. The average Bonchev–Trinajstić information content (AvgIpc) is 3.00. The van der Waals surface area contributed by atoms with Crippen LogP contribution in [0, 0.1) is 0 Å². The molecular weight excluding hydrogens is 573 g/mol. The molecule has 0 bridgehead atoms. The van der Waals surface area contributed by atoms with Crippen molar-refractivity contribution in [3.8, 4) is 11.5 Å². The molecule has 0 radical (unpaired) electrons. The van der Waals surface area contributed by atoms with Crippen LogP contribution in [0.25, 0.3) is 21.8 Å². The zero-order chi connectivity index (χ0) is 29.5. The molecule has 8 nitrogen and oxygen atoms in total. The van der Waals surface area contributed by atoms with Gasteiger partial charge in [-0.15, -0.1) is 23.2 Å². The van der Waals surface area contributed by atoms with E-state index in [1.54, 1.807) is 20.3 Å². The van der Waals surface area contributed by atoms with Gasteiger partial charge in [-0.25, -0.2) is 9.78 Å². The van der Waals surface area contributed by atoms with Crippen LogP contribution in [0.4, 0.5) is 33.2 Å². The maximum absolute atomic E-state index is 12.9. The van der Waals surface area contributed by atoms with E-state index in [0.717, 1.165) is 38.9 Å². The first-order valence-electron chi connectivity index (χ1n) is 13.4. The summed E-state index contributed by atoms with van der Waals surface area (Å²) >= 11 is 11.9. The molecule has 3 N–H and O–H groups in total. The van der Waals surface area contributed by atoms with Crippen molar-refractivity contribution in [2.24, 2.45) is 0 Å². The van der Waals surface area contributed by atoms with Crippen LogP contribution in [0.3, 0.4) is 0 Å². The van der Waals surface area contributed by atoms with Gasteiger partial charge in [0.2, 0.25) is 0 Å². The van der Waals surface area contributed by atoms with Crippen LogP contribution in [0.2, 0.25) is 0 Å². The number of ether oxygens (including phenoxy) is 2. The number of amides is 2. The lowest BCUT2D eigenvalue weighted by Gasteiger charge is -2.23. The third kappa shape index (κ3) is 6.56. The smallest absolute Gasteiger partial charge is 0.323 e. The molecule has 10 heteroatoms. The molecule has 0 unspecified atom stereocenters. The molecule has 0 saturated carbocycles. The summed E-state index contributed by atoms with van der Waals surface area (Å²) in [5, 5.41) is 11.2. The molecule has 42 heavy (non-hydrogen) atoms. The first kappa shape index (κ1) is 29.1. The standard InChI is InChI=1S/C32H31Cl2N5O3/c1-41-25-19-22(35-30-26-6-3-4-8-28(26)38-31-27(30)7-5-9-29(31)42-2)18-23(20-25)37-32(40)36-21-10-12-24(13-11-21)39(16-14-33)17-15-34/h3-13,18-20H,14-17H2,1-2H3,(H,35,38)(H2,36,37,40). The van der Waals surface area contributed by atoms with E-state index in [4.69, 9.17) is 37.7 Å². The number of fused-ring (bicyclic) bond motifs is 2. The van der Waals surface area contributed by atoms with Gasteiger partial charge in [-0.2, -0.15) is 0 Å². The number of hydrogen-bond donors (Lipinski definition) is 3. The molecule has 4 aromatic carbocycles. The van der Waals surface area contributed by atoms with Gasteiger partial charge in [0.1, 0.15) is 17.0 Å². The zero-order valence-electron chi connectivity index (χ0n) is 23.3. The van der Waals surface area contributed by atoms with Crippen molar-refractivity contribution in [2.45, 2.75) is 0 Å². The summed E-state index contributed by atoms with van der Waals surface area (Å²) in [6.45, 7) is 1.37. The van der Waals surface area contributed by atoms with Crippen molar-refractivity contribution in [3.63, 3.8) is 0 Å². The minimum absolute atomic E-state index is 0.384. The predicted molar refractivity (Wildman–Crippen MR) is 175 cm³/mol. The van der Waals surface area contributed by atoms with E-state index >= 15 is 0 Å². The Hall–Kier alpha value is -4.40. The molecule has 2 amide bonds. The summed E-state index contributed by atoms with van der Waals surface area (Å²) in [5.74, 6) is 2.26. The van der Waals surface area contributed by atoms with Gasteiger partial charge in [-0.05, 0) is 42.5 Å². The first-order chi connectivity index (χ1) is 20.5. The summed E-state index contributed by atoms with van der Waals surface area (Å²) in [6.07, 6.45) is 0. The van der Waals surface area contributed by atoms with Crippen LogP contribution >= 0.6 is 23.2 Å². The van der Waals surface area contributed by atoms with E-state index in [-0.39, 0.29) is 6.03 Å². The van der Waals surface area contributed by atoms with Crippen molar-refractivity contribution < 1.29 is 14.3 Å². The number of benzene rings is 4. The first-order valence-corrected chi connectivity index (χ1v) is 14.5. The number of nitrogens with one attached hydrogen (secondary N) is 3. The molecule has 216 valence electrons. The Morgan fingerprint density at radius 1 is 0.786 bits per heavy atom. The fourth-order valence-electron chi connectivity index (χ4n) is 4.82. The Labute approximate surface area is 254 Å². The summed E-state index contributed by atoms with van der Waals surface area (Å²) in [5.41, 5.74) is 5.38. The van der Waals surface area contributed by atoms with Crippen molar-refractivity contribution in [1.82, 2.24) is 4.98 Å².